The molecule has 4 aromatic rings. The number of hydrogen-bond acceptors (Lipinski definition) is 9. The number of nitrogens with two attached hydrogens (primary N) is 1. The molecule has 3 heterocycles. The normalized spacial score (nSPS) is 19.0. The number of carbonyl (C=O) groups is 2. The molecule has 11 nitrogen and oxygen atoms in total. The Morgan fingerprint density at radius 3 is 2.42 bits per heavy atom. The Hall–Kier alpha value is -4.99. The van der Waals surface area contributed by atoms with Crippen molar-refractivity contribution in [2.24, 2.45) is 21.6 Å². The predicted molar refractivity (Wildman–Crippen MR) is 184 cm³/mol. The van der Waals surface area contributed by atoms with E-state index in [4.69, 9.17) is 22.1 Å². The molecule has 1 saturated carbocycles. The van der Waals surface area contributed by atoms with Crippen LogP contribution in [0, 0.1) is 16.6 Å². The lowest BCUT2D eigenvalue weighted by Gasteiger charge is -2.35. The number of benzene rings is 2. The fraction of sp³-hybridized carbons (Fsp3) is 0.417. The number of aliphatic imine (C=N–C) groups is 1. The van der Waals surface area contributed by atoms with Gasteiger partial charge in [-0.25, -0.2) is 36.6 Å². The van der Waals surface area contributed by atoms with Gasteiger partial charge in [0.05, 0.1) is 35.1 Å². The second-order valence-corrected chi connectivity index (χ2v) is 15.0. The van der Waals surface area contributed by atoms with E-state index >= 15 is 4.39 Å². The summed E-state index contributed by atoms with van der Waals surface area (Å²) in [5, 5.41) is 3.87. The Labute approximate surface area is 306 Å². The molecule has 0 spiro atoms. The van der Waals surface area contributed by atoms with Gasteiger partial charge < -0.3 is 10.5 Å². The molecule has 1 aliphatic carbocycles. The first-order chi connectivity index (χ1) is 24.9. The summed E-state index contributed by atoms with van der Waals surface area (Å²) in [6, 6.07) is 7.05. The summed E-state index contributed by atoms with van der Waals surface area (Å²) >= 11 is 6.44. The number of hydrogen-bond donors (Lipinski definition) is 1. The summed E-state index contributed by atoms with van der Waals surface area (Å²) in [5.74, 6) is -6.72. The standard InChI is InChI=1S/C36H36ClF5N8O3/c1-33(2,3)18-36(22-7-5-20(13-24(22)38)25-16-44-11-12-45-25)31(52)49(32(43)48-36)27(17-53-28(51)15-35(9-10-35)34(4,41)42)21-6-8-23(37)26(14-21)50-30(29(39)40)46-19-47-50/h5-8,11-14,16,19,27,29H,9-10,15,17-18H2,1-4H3,(H2,43,48)/t27-,36-/m1/s1. The fourth-order valence-corrected chi connectivity index (χ4v) is 6.94. The average Bonchev–Trinajstić information content (AvgIpc) is 3.63. The third-order valence-corrected chi connectivity index (χ3v) is 9.84. The van der Waals surface area contributed by atoms with E-state index in [1.165, 1.54) is 48.9 Å². The van der Waals surface area contributed by atoms with E-state index in [-0.39, 0.29) is 47.1 Å². The highest BCUT2D eigenvalue weighted by molar-refractivity contribution is 6.32. The highest BCUT2D eigenvalue weighted by Gasteiger charge is 2.60. The van der Waals surface area contributed by atoms with Crippen LogP contribution in [0.5, 0.6) is 0 Å². The third kappa shape index (κ3) is 7.33. The molecule has 0 radical (unpaired) electrons. The molecule has 1 fully saturated rings. The first-order valence-electron chi connectivity index (χ1n) is 16.6. The van der Waals surface area contributed by atoms with Crippen LogP contribution in [0.2, 0.25) is 5.02 Å². The largest absolute Gasteiger partial charge is 0.463 e. The number of esters is 1. The van der Waals surface area contributed by atoms with Crippen molar-refractivity contribution >= 4 is 29.4 Å². The van der Waals surface area contributed by atoms with E-state index in [0.29, 0.717) is 11.3 Å². The van der Waals surface area contributed by atoms with Gasteiger partial charge in [-0.3, -0.25) is 24.5 Å². The molecule has 1 amide bonds. The van der Waals surface area contributed by atoms with E-state index in [0.717, 1.165) is 22.8 Å². The topological polar surface area (TPSA) is 141 Å². The van der Waals surface area contributed by atoms with Crippen molar-refractivity contribution < 1.29 is 36.3 Å². The average molecular weight is 759 g/mol. The lowest BCUT2D eigenvalue weighted by Crippen LogP contribution is -2.47. The SMILES string of the molecule is CC(C)(C)C[C@]1(c2ccc(-c3cnccn3)cc2F)N=C(N)N([C@H](COC(=O)CC2(C(C)(F)F)CC2)c2ccc(Cl)c(-n3ncnc3C(F)F)c2)C1=O. The van der Waals surface area contributed by atoms with Crippen molar-refractivity contribution in [2.75, 3.05) is 6.61 Å². The van der Waals surface area contributed by atoms with Crippen molar-refractivity contribution in [1.82, 2.24) is 29.6 Å². The summed E-state index contributed by atoms with van der Waals surface area (Å²) in [6.45, 7) is 5.64. The van der Waals surface area contributed by atoms with Gasteiger partial charge >= 0.3 is 5.97 Å². The monoisotopic (exact) mass is 758 g/mol. The molecule has 2 atom stereocenters. The van der Waals surface area contributed by atoms with Crippen LogP contribution in [0.25, 0.3) is 16.9 Å². The van der Waals surface area contributed by atoms with Crippen LogP contribution in [-0.2, 0) is 19.9 Å². The van der Waals surface area contributed by atoms with Crippen LogP contribution >= 0.6 is 11.6 Å². The second kappa shape index (κ2) is 13.8. The van der Waals surface area contributed by atoms with E-state index in [1.807, 2.05) is 20.8 Å². The Kier molecular flexibility index (Phi) is 9.81. The minimum atomic E-state index is -3.14. The molecule has 0 saturated heterocycles. The number of alkyl halides is 4. The second-order valence-electron chi connectivity index (χ2n) is 14.6. The first kappa shape index (κ1) is 37.8. The maximum Gasteiger partial charge on any atom is 0.306 e. The van der Waals surface area contributed by atoms with Gasteiger partial charge in [-0.15, -0.1) is 0 Å². The van der Waals surface area contributed by atoms with Gasteiger partial charge in [-0.1, -0.05) is 50.6 Å². The van der Waals surface area contributed by atoms with Gasteiger partial charge in [0.2, 0.25) is 0 Å². The minimum Gasteiger partial charge on any atom is -0.463 e. The summed E-state index contributed by atoms with van der Waals surface area (Å²) in [5.41, 5.74) is 3.25. The summed E-state index contributed by atoms with van der Waals surface area (Å²) in [6.07, 6.45) is 1.91. The minimum absolute atomic E-state index is 0.0144. The van der Waals surface area contributed by atoms with Gasteiger partial charge in [0.1, 0.15) is 18.8 Å². The van der Waals surface area contributed by atoms with Crippen molar-refractivity contribution in [3.8, 4) is 16.9 Å². The zero-order chi connectivity index (χ0) is 38.5. The molecule has 17 heteroatoms. The molecule has 0 unspecified atom stereocenters. The Balaban J connectivity index is 1.43. The number of halogens is 6. The zero-order valence-corrected chi connectivity index (χ0v) is 29.9. The predicted octanol–water partition coefficient (Wildman–Crippen LogP) is 7.35. The van der Waals surface area contributed by atoms with Gasteiger partial charge in [-0.2, -0.15) is 5.10 Å². The quantitative estimate of drug-likeness (QED) is 0.117. The molecular weight excluding hydrogens is 723 g/mol. The molecule has 2 aromatic carbocycles. The molecule has 2 aromatic heterocycles. The van der Waals surface area contributed by atoms with Crippen molar-refractivity contribution in [1.29, 1.82) is 0 Å². The van der Waals surface area contributed by atoms with Crippen LogP contribution in [-0.4, -0.2) is 60.0 Å². The van der Waals surface area contributed by atoms with Crippen LogP contribution in [0.3, 0.4) is 0 Å². The Bertz CT molecular complexity index is 2060. The molecule has 2 N–H and O–H groups in total. The molecule has 1 aliphatic heterocycles. The highest BCUT2D eigenvalue weighted by Crippen LogP contribution is 2.59. The fourth-order valence-electron chi connectivity index (χ4n) is 6.74. The van der Waals surface area contributed by atoms with Gasteiger partial charge in [0.15, 0.2) is 17.3 Å². The summed E-state index contributed by atoms with van der Waals surface area (Å²) in [4.78, 5) is 45.5. The Morgan fingerprint density at radius 1 is 1.08 bits per heavy atom. The van der Waals surface area contributed by atoms with Crippen molar-refractivity contribution in [3.05, 3.63) is 89.1 Å². The van der Waals surface area contributed by atoms with Gasteiger partial charge in [0, 0.05) is 28.9 Å². The van der Waals surface area contributed by atoms with Crippen molar-refractivity contribution in [3.63, 3.8) is 0 Å². The molecule has 53 heavy (non-hydrogen) atoms. The van der Waals surface area contributed by atoms with Crippen molar-refractivity contribution in [2.45, 2.75) is 77.3 Å². The van der Waals surface area contributed by atoms with E-state index in [2.05, 4.69) is 25.0 Å². The number of ether oxygens (including phenoxy) is 1. The zero-order valence-electron chi connectivity index (χ0n) is 29.2. The highest BCUT2D eigenvalue weighted by atomic mass is 35.5. The van der Waals surface area contributed by atoms with E-state index in [1.54, 1.807) is 6.07 Å². The summed E-state index contributed by atoms with van der Waals surface area (Å²) < 4.78 is 79.1. The van der Waals surface area contributed by atoms with Crippen LogP contribution in [0.1, 0.15) is 82.8 Å². The van der Waals surface area contributed by atoms with E-state index < -0.39 is 71.3 Å². The summed E-state index contributed by atoms with van der Waals surface area (Å²) in [7, 11) is 0. The molecular formula is C36H36ClF5N8O3. The number of amides is 1. The molecule has 6 rings (SSSR count). The number of aromatic nitrogens is 5. The maximum atomic E-state index is 16.3. The van der Waals surface area contributed by atoms with Gasteiger partial charge in [0.25, 0.3) is 18.3 Å². The number of nitrogens with zero attached hydrogens (tertiary/aromatic N) is 7. The van der Waals surface area contributed by atoms with E-state index in [9.17, 15) is 27.2 Å². The van der Waals surface area contributed by atoms with Crippen LogP contribution in [0.15, 0.2) is 66.3 Å². The van der Waals surface area contributed by atoms with Crippen LogP contribution in [0.4, 0.5) is 22.0 Å². The number of guanidine groups is 1. The van der Waals surface area contributed by atoms with Gasteiger partial charge in [-0.05, 0) is 55.4 Å². The Morgan fingerprint density at radius 2 is 1.81 bits per heavy atom. The number of rotatable bonds is 12. The van der Waals surface area contributed by atoms with Crippen LogP contribution < -0.4 is 5.73 Å². The molecule has 280 valence electrons. The molecule has 2 aliphatic rings. The first-order valence-corrected chi connectivity index (χ1v) is 17.0. The lowest BCUT2D eigenvalue weighted by atomic mass is 9.75. The maximum absolute atomic E-state index is 16.3. The smallest absolute Gasteiger partial charge is 0.306 e. The third-order valence-electron chi connectivity index (χ3n) is 9.52. The number of carbonyl (C=O) groups excluding carboxylic acids is 2. The molecule has 0 bridgehead atoms. The lowest BCUT2D eigenvalue weighted by molar-refractivity contribution is -0.153.